The fourth-order valence-electron chi connectivity index (χ4n) is 2.17. The molecule has 1 aliphatic rings. The summed E-state index contributed by atoms with van der Waals surface area (Å²) in [5, 5.41) is 10.6. The highest BCUT2D eigenvalue weighted by Crippen LogP contribution is 2.19. The summed E-state index contributed by atoms with van der Waals surface area (Å²) in [5.41, 5.74) is -0.0487. The molecule has 1 aromatic carbocycles. The van der Waals surface area contributed by atoms with Crippen LogP contribution in [-0.2, 0) is 0 Å². The highest BCUT2D eigenvalue weighted by Gasteiger charge is 2.17. The Labute approximate surface area is 111 Å². The zero-order valence-electron chi connectivity index (χ0n) is 10.6. The van der Waals surface area contributed by atoms with Crippen LogP contribution in [-0.4, -0.2) is 42.2 Å². The molecule has 0 amide bonds. The van der Waals surface area contributed by atoms with Gasteiger partial charge < -0.3 is 9.64 Å². The van der Waals surface area contributed by atoms with Crippen LogP contribution >= 0.6 is 0 Å². The molecule has 104 valence electrons. The molecule has 0 N–H and O–H groups in total. The van der Waals surface area contributed by atoms with E-state index in [1.165, 1.54) is 18.2 Å². The maximum atomic E-state index is 13.7. The number of likely N-dealkylation sites (tertiary alicyclic amines) is 1. The fourth-order valence-corrected chi connectivity index (χ4v) is 2.17. The van der Waals surface area contributed by atoms with E-state index in [4.69, 9.17) is 4.74 Å². The van der Waals surface area contributed by atoms with Crippen molar-refractivity contribution in [1.82, 2.24) is 4.90 Å². The van der Waals surface area contributed by atoms with Crippen LogP contribution in [0.2, 0.25) is 0 Å². The Morgan fingerprint density at radius 1 is 1.42 bits per heavy atom. The second kappa shape index (κ2) is 6.47. The summed E-state index contributed by atoms with van der Waals surface area (Å²) in [4.78, 5) is 12.2. The summed E-state index contributed by atoms with van der Waals surface area (Å²) in [6, 6.07) is 5.81. The molecule has 1 aromatic rings. The number of nitrogens with zero attached hydrogens (tertiary/aromatic N) is 2. The third-order valence-corrected chi connectivity index (χ3v) is 3.11. The predicted octanol–water partition coefficient (Wildman–Crippen LogP) is 2.41. The normalized spacial score (nSPS) is 17.3. The zero-order valence-corrected chi connectivity index (χ0v) is 10.6. The summed E-state index contributed by atoms with van der Waals surface area (Å²) >= 11 is 0. The lowest BCUT2D eigenvalue weighted by molar-refractivity contribution is -0.384. The molecule has 2 rings (SSSR count). The van der Waals surface area contributed by atoms with Gasteiger partial charge in [-0.05, 0) is 32.0 Å². The molecule has 1 atom stereocenters. The number of ether oxygens (including phenoxy) is 1. The minimum absolute atomic E-state index is 0.0487. The minimum atomic E-state index is -1.07. The van der Waals surface area contributed by atoms with E-state index in [1.807, 2.05) is 0 Å². The van der Waals surface area contributed by atoms with Crippen molar-refractivity contribution in [2.45, 2.75) is 19.0 Å². The smallest absolute Gasteiger partial charge is 0.273 e. The van der Waals surface area contributed by atoms with Crippen LogP contribution in [0.4, 0.5) is 10.1 Å². The highest BCUT2D eigenvalue weighted by molar-refractivity contribution is 5.37. The quantitative estimate of drug-likeness (QED) is 0.587. The molecular weight excluding hydrogens is 251 g/mol. The lowest BCUT2D eigenvalue weighted by Crippen LogP contribution is -2.31. The zero-order chi connectivity index (χ0) is 13.7. The molecular formula is C13H17FN2O3. The van der Waals surface area contributed by atoms with Crippen LogP contribution in [0.15, 0.2) is 24.3 Å². The first-order valence-electron chi connectivity index (χ1n) is 6.39. The number of benzene rings is 1. The van der Waals surface area contributed by atoms with Crippen molar-refractivity contribution in [3.63, 3.8) is 0 Å². The van der Waals surface area contributed by atoms with Gasteiger partial charge in [0, 0.05) is 12.6 Å². The predicted molar refractivity (Wildman–Crippen MR) is 69.2 cm³/mol. The largest absolute Gasteiger partial charge is 0.490 e. The molecule has 0 aliphatic carbocycles. The molecule has 6 heteroatoms. The van der Waals surface area contributed by atoms with E-state index in [-0.39, 0.29) is 12.3 Å². The number of hydrogen-bond donors (Lipinski definition) is 0. The summed E-state index contributed by atoms with van der Waals surface area (Å²) in [6.45, 7) is 2.18. The van der Waals surface area contributed by atoms with Crippen molar-refractivity contribution in [1.29, 1.82) is 0 Å². The third kappa shape index (κ3) is 4.17. The van der Waals surface area contributed by atoms with Crippen LogP contribution in [0, 0.1) is 10.1 Å². The van der Waals surface area contributed by atoms with Gasteiger partial charge in [-0.25, -0.2) is 4.39 Å². The van der Waals surface area contributed by atoms with Gasteiger partial charge in [0.05, 0.1) is 11.0 Å². The molecule has 0 spiro atoms. The van der Waals surface area contributed by atoms with Crippen LogP contribution in [0.3, 0.4) is 0 Å². The Bertz CT molecular complexity index is 436. The van der Waals surface area contributed by atoms with E-state index in [2.05, 4.69) is 4.90 Å². The molecule has 1 aliphatic heterocycles. The van der Waals surface area contributed by atoms with E-state index in [0.717, 1.165) is 25.9 Å². The summed E-state index contributed by atoms with van der Waals surface area (Å²) in [5.74, 6) is 0.332. The molecule has 5 nitrogen and oxygen atoms in total. The van der Waals surface area contributed by atoms with Gasteiger partial charge in [0.1, 0.15) is 18.5 Å². The van der Waals surface area contributed by atoms with Crippen LogP contribution in [0.25, 0.3) is 0 Å². The van der Waals surface area contributed by atoms with E-state index >= 15 is 0 Å². The van der Waals surface area contributed by atoms with Crippen molar-refractivity contribution in [2.75, 3.05) is 26.2 Å². The van der Waals surface area contributed by atoms with Crippen molar-refractivity contribution in [2.24, 2.45) is 0 Å². The molecule has 0 bridgehead atoms. The van der Waals surface area contributed by atoms with Crippen LogP contribution < -0.4 is 4.74 Å². The Balaban J connectivity index is 1.80. The van der Waals surface area contributed by atoms with Gasteiger partial charge in [-0.1, -0.05) is 6.07 Å². The number of nitro groups is 1. The maximum absolute atomic E-state index is 13.7. The average Bonchev–Trinajstić information content (AvgIpc) is 2.89. The third-order valence-electron chi connectivity index (χ3n) is 3.11. The van der Waals surface area contributed by atoms with Gasteiger partial charge >= 0.3 is 0 Å². The monoisotopic (exact) mass is 268 g/mol. The van der Waals surface area contributed by atoms with Gasteiger partial charge in [-0.3, -0.25) is 10.1 Å². The Kier molecular flexibility index (Phi) is 4.68. The van der Waals surface area contributed by atoms with Gasteiger partial charge in [-0.15, -0.1) is 0 Å². The summed E-state index contributed by atoms with van der Waals surface area (Å²) < 4.78 is 19.0. The lowest BCUT2D eigenvalue weighted by atomic mass is 10.3. The van der Waals surface area contributed by atoms with Gasteiger partial charge in [-0.2, -0.15) is 0 Å². The summed E-state index contributed by atoms with van der Waals surface area (Å²) in [6.07, 6.45) is 1.18. The van der Waals surface area contributed by atoms with Gasteiger partial charge in [0.25, 0.3) is 5.69 Å². The first kappa shape index (κ1) is 13.7. The first-order valence-corrected chi connectivity index (χ1v) is 6.39. The van der Waals surface area contributed by atoms with E-state index in [1.54, 1.807) is 6.07 Å². The fraction of sp³-hybridized carbons (Fsp3) is 0.538. The van der Waals surface area contributed by atoms with Gasteiger partial charge in [0.2, 0.25) is 0 Å². The van der Waals surface area contributed by atoms with Gasteiger partial charge in [0.15, 0.2) is 0 Å². The SMILES string of the molecule is O=[N+]([O-])c1cccc(OC[C@@H](F)CN2CCCC2)c1. The first-order chi connectivity index (χ1) is 9.15. The minimum Gasteiger partial charge on any atom is -0.490 e. The van der Waals surface area contributed by atoms with E-state index in [0.29, 0.717) is 12.3 Å². The maximum Gasteiger partial charge on any atom is 0.273 e. The number of non-ortho nitro benzene ring substituents is 1. The van der Waals surface area contributed by atoms with Crippen LogP contribution in [0.5, 0.6) is 5.75 Å². The summed E-state index contributed by atoms with van der Waals surface area (Å²) in [7, 11) is 0. The van der Waals surface area contributed by atoms with E-state index < -0.39 is 11.1 Å². The Hall–Kier alpha value is -1.69. The lowest BCUT2D eigenvalue weighted by Gasteiger charge is -2.17. The molecule has 1 saturated heterocycles. The molecule has 0 radical (unpaired) electrons. The number of alkyl halides is 1. The number of hydrogen-bond acceptors (Lipinski definition) is 4. The molecule has 1 heterocycles. The van der Waals surface area contributed by atoms with Crippen molar-refractivity contribution < 1.29 is 14.1 Å². The Morgan fingerprint density at radius 2 is 2.16 bits per heavy atom. The molecule has 19 heavy (non-hydrogen) atoms. The average molecular weight is 268 g/mol. The topological polar surface area (TPSA) is 55.6 Å². The van der Waals surface area contributed by atoms with Crippen LogP contribution in [0.1, 0.15) is 12.8 Å². The Morgan fingerprint density at radius 3 is 2.84 bits per heavy atom. The number of halogens is 1. The molecule has 0 unspecified atom stereocenters. The second-order valence-corrected chi connectivity index (χ2v) is 4.67. The molecule has 1 fully saturated rings. The van der Waals surface area contributed by atoms with Crippen molar-refractivity contribution in [3.05, 3.63) is 34.4 Å². The highest BCUT2D eigenvalue weighted by atomic mass is 19.1. The van der Waals surface area contributed by atoms with Crippen molar-refractivity contribution in [3.8, 4) is 5.75 Å². The van der Waals surface area contributed by atoms with Crippen molar-refractivity contribution >= 4 is 5.69 Å². The molecule has 0 saturated carbocycles. The second-order valence-electron chi connectivity index (χ2n) is 4.67. The standard InChI is InChI=1S/C13H17FN2O3/c14-11(9-15-6-1-2-7-15)10-19-13-5-3-4-12(8-13)16(17)18/h3-5,8,11H,1-2,6-7,9-10H2/t11-/m0/s1. The number of rotatable bonds is 6. The number of nitro benzene ring substituents is 1. The molecule has 0 aromatic heterocycles. The van der Waals surface area contributed by atoms with E-state index in [9.17, 15) is 14.5 Å².